The quantitative estimate of drug-likeness (QED) is 0.678. The van der Waals surface area contributed by atoms with Crippen LogP contribution in [0.3, 0.4) is 0 Å². The van der Waals surface area contributed by atoms with E-state index in [9.17, 15) is 9.59 Å². The van der Waals surface area contributed by atoms with Crippen LogP contribution in [0.4, 0.5) is 0 Å². The first-order valence-corrected chi connectivity index (χ1v) is 9.38. The van der Waals surface area contributed by atoms with Gasteiger partial charge >= 0.3 is 5.97 Å². The predicted octanol–water partition coefficient (Wildman–Crippen LogP) is 3.53. The van der Waals surface area contributed by atoms with Crippen molar-refractivity contribution in [1.29, 1.82) is 0 Å². The predicted molar refractivity (Wildman–Crippen MR) is 101 cm³/mol. The summed E-state index contributed by atoms with van der Waals surface area (Å²) in [6.45, 7) is 2.13. The highest BCUT2D eigenvalue weighted by molar-refractivity contribution is 8.00. The molecule has 0 aromatic heterocycles. The van der Waals surface area contributed by atoms with Crippen LogP contribution in [0.2, 0.25) is 0 Å². The van der Waals surface area contributed by atoms with Crippen LogP contribution in [-0.4, -0.2) is 41.9 Å². The molecular formula is C20H23NO3S. The van der Waals surface area contributed by atoms with Gasteiger partial charge in [-0.15, -0.1) is 11.8 Å². The summed E-state index contributed by atoms with van der Waals surface area (Å²) in [5, 5.41) is 0. The highest BCUT2D eigenvalue weighted by atomic mass is 32.2. The lowest BCUT2D eigenvalue weighted by atomic mass is 9.97. The largest absolute Gasteiger partial charge is 0.465 e. The summed E-state index contributed by atoms with van der Waals surface area (Å²) in [7, 11) is 1.80. The molecule has 132 valence electrons. The number of hydrogen-bond acceptors (Lipinski definition) is 4. The molecule has 0 aliphatic heterocycles. The number of esters is 1. The van der Waals surface area contributed by atoms with Gasteiger partial charge in [-0.05, 0) is 18.1 Å². The molecule has 2 aromatic rings. The standard InChI is InChI=1S/C20H23NO3S/c1-3-24-19(23)15-25-14-18(22)21(2)20(16-10-6-4-7-11-16)17-12-8-5-9-13-17/h4-13,20H,3,14-15H2,1-2H3. The summed E-state index contributed by atoms with van der Waals surface area (Å²) in [6.07, 6.45) is 0. The molecule has 0 atom stereocenters. The number of carbonyl (C=O) groups is 2. The van der Waals surface area contributed by atoms with Crippen LogP contribution in [0.15, 0.2) is 60.7 Å². The first kappa shape index (κ1) is 19.1. The minimum atomic E-state index is -0.286. The second-order valence-corrected chi connectivity index (χ2v) is 6.51. The van der Waals surface area contributed by atoms with E-state index in [1.807, 2.05) is 60.7 Å². The van der Waals surface area contributed by atoms with E-state index in [0.29, 0.717) is 6.61 Å². The molecule has 0 fully saturated rings. The average Bonchev–Trinajstić information content (AvgIpc) is 2.64. The van der Waals surface area contributed by atoms with Crippen LogP contribution in [0.25, 0.3) is 0 Å². The Morgan fingerprint density at radius 2 is 1.48 bits per heavy atom. The Labute approximate surface area is 153 Å². The number of ether oxygens (including phenoxy) is 1. The number of hydrogen-bond donors (Lipinski definition) is 0. The molecule has 0 N–H and O–H groups in total. The third kappa shape index (κ3) is 5.64. The number of benzene rings is 2. The van der Waals surface area contributed by atoms with Gasteiger partial charge in [0.15, 0.2) is 0 Å². The van der Waals surface area contributed by atoms with Crippen LogP contribution < -0.4 is 0 Å². The highest BCUT2D eigenvalue weighted by Gasteiger charge is 2.23. The van der Waals surface area contributed by atoms with Gasteiger partial charge < -0.3 is 9.64 Å². The van der Waals surface area contributed by atoms with E-state index in [4.69, 9.17) is 4.74 Å². The SMILES string of the molecule is CCOC(=O)CSCC(=O)N(C)C(c1ccccc1)c1ccccc1. The smallest absolute Gasteiger partial charge is 0.315 e. The van der Waals surface area contributed by atoms with Gasteiger partial charge in [-0.2, -0.15) is 0 Å². The zero-order valence-electron chi connectivity index (χ0n) is 14.6. The molecule has 5 heteroatoms. The van der Waals surface area contributed by atoms with Gasteiger partial charge in [-0.1, -0.05) is 60.7 Å². The monoisotopic (exact) mass is 357 g/mol. The van der Waals surface area contributed by atoms with Crippen molar-refractivity contribution < 1.29 is 14.3 Å². The summed E-state index contributed by atoms with van der Waals surface area (Å²) in [6, 6.07) is 19.7. The van der Waals surface area contributed by atoms with Gasteiger partial charge in [-0.3, -0.25) is 9.59 Å². The van der Waals surface area contributed by atoms with E-state index < -0.39 is 0 Å². The molecule has 4 nitrogen and oxygen atoms in total. The second kappa shape index (κ2) is 9.89. The lowest BCUT2D eigenvalue weighted by Crippen LogP contribution is -2.33. The van der Waals surface area contributed by atoms with Gasteiger partial charge in [0.2, 0.25) is 5.91 Å². The maximum atomic E-state index is 12.6. The molecule has 0 saturated carbocycles. The molecule has 0 saturated heterocycles. The summed E-state index contributed by atoms with van der Waals surface area (Å²) in [5.74, 6) is 0.123. The van der Waals surface area contributed by atoms with Gasteiger partial charge in [0.25, 0.3) is 0 Å². The maximum Gasteiger partial charge on any atom is 0.315 e. The lowest BCUT2D eigenvalue weighted by molar-refractivity contribution is -0.139. The normalized spacial score (nSPS) is 10.5. The van der Waals surface area contributed by atoms with Gasteiger partial charge in [0.1, 0.15) is 0 Å². The van der Waals surface area contributed by atoms with Crippen molar-refractivity contribution in [3.63, 3.8) is 0 Å². The summed E-state index contributed by atoms with van der Waals surface area (Å²) < 4.78 is 4.89. The number of rotatable bonds is 8. The number of nitrogens with zero attached hydrogens (tertiary/aromatic N) is 1. The maximum absolute atomic E-state index is 12.6. The van der Waals surface area contributed by atoms with E-state index in [1.54, 1.807) is 18.9 Å². The topological polar surface area (TPSA) is 46.6 Å². The Morgan fingerprint density at radius 1 is 0.960 bits per heavy atom. The summed E-state index contributed by atoms with van der Waals surface area (Å²) in [5.41, 5.74) is 2.11. The first-order valence-electron chi connectivity index (χ1n) is 8.22. The van der Waals surface area contributed by atoms with Gasteiger partial charge in [-0.25, -0.2) is 0 Å². The van der Waals surface area contributed by atoms with Crippen LogP contribution in [0, 0.1) is 0 Å². The Balaban J connectivity index is 2.09. The van der Waals surface area contributed by atoms with E-state index in [2.05, 4.69) is 0 Å². The Hall–Kier alpha value is -2.27. The molecule has 1 amide bonds. The molecule has 0 radical (unpaired) electrons. The highest BCUT2D eigenvalue weighted by Crippen LogP contribution is 2.28. The fourth-order valence-electron chi connectivity index (χ4n) is 2.58. The second-order valence-electron chi connectivity index (χ2n) is 5.53. The van der Waals surface area contributed by atoms with Crippen molar-refractivity contribution in [1.82, 2.24) is 4.90 Å². The van der Waals surface area contributed by atoms with Crippen molar-refractivity contribution in [2.75, 3.05) is 25.2 Å². The number of thioether (sulfide) groups is 1. The molecule has 2 aromatic carbocycles. The van der Waals surface area contributed by atoms with Crippen LogP contribution in [0.1, 0.15) is 24.1 Å². The molecule has 25 heavy (non-hydrogen) atoms. The minimum absolute atomic E-state index is 0.0213. The molecule has 0 aliphatic rings. The van der Waals surface area contributed by atoms with Crippen molar-refractivity contribution in [2.24, 2.45) is 0 Å². The van der Waals surface area contributed by atoms with Crippen LogP contribution >= 0.6 is 11.8 Å². The van der Waals surface area contributed by atoms with Gasteiger partial charge in [0, 0.05) is 7.05 Å². The fraction of sp³-hybridized carbons (Fsp3) is 0.300. The molecular weight excluding hydrogens is 334 g/mol. The van der Waals surface area contributed by atoms with Crippen molar-refractivity contribution >= 4 is 23.6 Å². The van der Waals surface area contributed by atoms with E-state index >= 15 is 0 Å². The summed E-state index contributed by atoms with van der Waals surface area (Å²) >= 11 is 1.28. The molecule has 0 unspecified atom stereocenters. The number of carbonyl (C=O) groups excluding carboxylic acids is 2. The van der Waals surface area contributed by atoms with E-state index in [1.165, 1.54) is 11.8 Å². The van der Waals surface area contributed by atoms with Gasteiger partial charge in [0.05, 0.1) is 24.2 Å². The molecule has 2 rings (SSSR count). The first-order chi connectivity index (χ1) is 12.1. The molecule has 0 bridgehead atoms. The fourth-order valence-corrected chi connectivity index (χ4v) is 3.31. The van der Waals surface area contributed by atoms with Crippen molar-refractivity contribution in [3.8, 4) is 0 Å². The lowest BCUT2D eigenvalue weighted by Gasteiger charge is -2.29. The third-order valence-corrected chi connectivity index (χ3v) is 4.65. The molecule has 0 heterocycles. The van der Waals surface area contributed by atoms with Crippen LogP contribution in [0.5, 0.6) is 0 Å². The average molecular weight is 357 g/mol. The van der Waals surface area contributed by atoms with E-state index in [-0.39, 0.29) is 29.4 Å². The summed E-state index contributed by atoms with van der Waals surface area (Å²) in [4.78, 5) is 25.8. The zero-order valence-corrected chi connectivity index (χ0v) is 15.4. The van der Waals surface area contributed by atoms with Crippen molar-refractivity contribution in [3.05, 3.63) is 71.8 Å². The van der Waals surface area contributed by atoms with Crippen molar-refractivity contribution in [2.45, 2.75) is 13.0 Å². The molecule has 0 spiro atoms. The zero-order chi connectivity index (χ0) is 18.1. The Morgan fingerprint density at radius 3 is 1.96 bits per heavy atom. The third-order valence-electron chi connectivity index (χ3n) is 3.76. The minimum Gasteiger partial charge on any atom is -0.465 e. The molecule has 0 aliphatic carbocycles. The number of amides is 1. The Kier molecular flexibility index (Phi) is 7.54. The Bertz CT molecular complexity index is 636. The van der Waals surface area contributed by atoms with Crippen LogP contribution in [-0.2, 0) is 14.3 Å². The van der Waals surface area contributed by atoms with E-state index in [0.717, 1.165) is 11.1 Å².